The molecule has 0 saturated heterocycles. The van der Waals surface area contributed by atoms with E-state index in [1.165, 1.54) is 6.07 Å². The summed E-state index contributed by atoms with van der Waals surface area (Å²) in [5, 5.41) is 8.45. The minimum absolute atomic E-state index is 0.0232. The molecule has 2 rings (SSSR count). The van der Waals surface area contributed by atoms with Crippen molar-refractivity contribution in [3.05, 3.63) is 58.6 Å². The van der Waals surface area contributed by atoms with Gasteiger partial charge in [-0.3, -0.25) is 5.32 Å². The van der Waals surface area contributed by atoms with Crippen LogP contribution in [0.15, 0.2) is 48.5 Å². The van der Waals surface area contributed by atoms with Gasteiger partial charge in [-0.2, -0.15) is 0 Å². The molecule has 0 aliphatic heterocycles. The standard InChI is InChI=1S/C16H15Cl2N3O3/c17-13-7-6-12(10-14(13)18)21-16(23)24-9-8-19-15(22)20-11-4-2-1-3-5-11/h1-7,10H,8-9H2,(H,21,23)(H2,19,20,22). The van der Waals surface area contributed by atoms with Crippen molar-refractivity contribution < 1.29 is 14.3 Å². The first-order valence-electron chi connectivity index (χ1n) is 7.03. The maximum atomic E-state index is 11.6. The summed E-state index contributed by atoms with van der Waals surface area (Å²) in [5.74, 6) is 0. The predicted octanol–water partition coefficient (Wildman–Crippen LogP) is 4.36. The van der Waals surface area contributed by atoms with Crippen LogP contribution in [0.1, 0.15) is 0 Å². The zero-order valence-electron chi connectivity index (χ0n) is 12.5. The summed E-state index contributed by atoms with van der Waals surface area (Å²) in [5.41, 5.74) is 1.14. The molecule has 126 valence electrons. The summed E-state index contributed by atoms with van der Waals surface area (Å²) in [6, 6.07) is 13.3. The number of benzene rings is 2. The monoisotopic (exact) mass is 367 g/mol. The molecule has 0 aliphatic carbocycles. The van der Waals surface area contributed by atoms with Crippen LogP contribution in [0.5, 0.6) is 0 Å². The Labute approximate surface area is 149 Å². The molecule has 0 spiro atoms. The summed E-state index contributed by atoms with van der Waals surface area (Å²) in [6.45, 7) is 0.197. The Kier molecular flexibility index (Phi) is 6.72. The topological polar surface area (TPSA) is 79.5 Å². The SMILES string of the molecule is O=C(NCCOC(=O)Nc1ccc(Cl)c(Cl)c1)Nc1ccccc1. The number of anilines is 2. The first-order valence-corrected chi connectivity index (χ1v) is 7.79. The van der Waals surface area contributed by atoms with Gasteiger partial charge in [0.1, 0.15) is 6.61 Å². The fourth-order valence-corrected chi connectivity index (χ4v) is 2.03. The number of nitrogens with one attached hydrogen (secondary N) is 3. The number of hydrogen-bond acceptors (Lipinski definition) is 3. The van der Waals surface area contributed by atoms with Crippen LogP contribution in [0.2, 0.25) is 10.0 Å². The summed E-state index contributed by atoms with van der Waals surface area (Å²) < 4.78 is 4.95. The lowest BCUT2D eigenvalue weighted by molar-refractivity contribution is 0.162. The highest BCUT2D eigenvalue weighted by Gasteiger charge is 2.06. The van der Waals surface area contributed by atoms with E-state index in [0.29, 0.717) is 21.4 Å². The Balaban J connectivity index is 1.65. The highest BCUT2D eigenvalue weighted by atomic mass is 35.5. The number of para-hydroxylation sites is 1. The van der Waals surface area contributed by atoms with E-state index >= 15 is 0 Å². The molecule has 24 heavy (non-hydrogen) atoms. The van der Waals surface area contributed by atoms with Crippen LogP contribution >= 0.6 is 23.2 Å². The van der Waals surface area contributed by atoms with E-state index in [2.05, 4.69) is 16.0 Å². The molecule has 8 heteroatoms. The van der Waals surface area contributed by atoms with Gasteiger partial charge in [-0.1, -0.05) is 41.4 Å². The largest absolute Gasteiger partial charge is 0.447 e. The molecule has 3 N–H and O–H groups in total. The third-order valence-electron chi connectivity index (χ3n) is 2.82. The van der Waals surface area contributed by atoms with Crippen LogP contribution in [-0.4, -0.2) is 25.3 Å². The summed E-state index contributed by atoms with van der Waals surface area (Å²) in [6.07, 6.45) is -0.654. The number of rotatable bonds is 5. The van der Waals surface area contributed by atoms with Gasteiger partial charge in [-0.25, -0.2) is 9.59 Å². The fourth-order valence-electron chi connectivity index (χ4n) is 1.73. The lowest BCUT2D eigenvalue weighted by Gasteiger charge is -2.09. The van der Waals surface area contributed by atoms with Crippen molar-refractivity contribution in [1.29, 1.82) is 0 Å². The molecule has 2 aromatic rings. The number of carbonyl (C=O) groups excluding carboxylic acids is 2. The smallest absolute Gasteiger partial charge is 0.411 e. The van der Waals surface area contributed by atoms with Gasteiger partial charge in [0.05, 0.1) is 16.6 Å². The van der Waals surface area contributed by atoms with E-state index in [1.54, 1.807) is 24.3 Å². The van der Waals surface area contributed by atoms with Crippen molar-refractivity contribution in [2.45, 2.75) is 0 Å². The molecule has 3 amide bonds. The van der Waals surface area contributed by atoms with Gasteiger partial charge in [-0.05, 0) is 30.3 Å². The van der Waals surface area contributed by atoms with Crippen LogP contribution < -0.4 is 16.0 Å². The molecule has 0 bridgehead atoms. The van der Waals surface area contributed by atoms with Gasteiger partial charge in [0, 0.05) is 11.4 Å². The van der Waals surface area contributed by atoms with E-state index < -0.39 is 6.09 Å². The summed E-state index contributed by atoms with van der Waals surface area (Å²) in [4.78, 5) is 23.2. The molecule has 0 radical (unpaired) electrons. The van der Waals surface area contributed by atoms with E-state index in [9.17, 15) is 9.59 Å². The van der Waals surface area contributed by atoms with Gasteiger partial charge in [-0.15, -0.1) is 0 Å². The Morgan fingerprint density at radius 1 is 0.917 bits per heavy atom. The van der Waals surface area contributed by atoms with Crippen molar-refractivity contribution in [1.82, 2.24) is 5.32 Å². The molecule has 0 fully saturated rings. The van der Waals surface area contributed by atoms with Gasteiger partial charge in [0.2, 0.25) is 0 Å². The number of carbonyl (C=O) groups is 2. The van der Waals surface area contributed by atoms with E-state index in [0.717, 1.165) is 0 Å². The Morgan fingerprint density at radius 2 is 1.67 bits per heavy atom. The third kappa shape index (κ3) is 5.98. The summed E-state index contributed by atoms with van der Waals surface area (Å²) in [7, 11) is 0. The lowest BCUT2D eigenvalue weighted by atomic mass is 10.3. The van der Waals surface area contributed by atoms with Crippen molar-refractivity contribution in [3.8, 4) is 0 Å². The zero-order valence-corrected chi connectivity index (χ0v) is 14.0. The first-order chi connectivity index (χ1) is 11.5. The normalized spacial score (nSPS) is 9.92. The lowest BCUT2D eigenvalue weighted by Crippen LogP contribution is -2.32. The van der Waals surface area contributed by atoms with Gasteiger partial charge < -0.3 is 15.4 Å². The number of ether oxygens (including phenoxy) is 1. The van der Waals surface area contributed by atoms with Crippen molar-refractivity contribution in [2.75, 3.05) is 23.8 Å². The van der Waals surface area contributed by atoms with E-state index in [-0.39, 0.29) is 19.2 Å². The van der Waals surface area contributed by atoms with Crippen LogP contribution in [0.25, 0.3) is 0 Å². The van der Waals surface area contributed by atoms with Crippen molar-refractivity contribution in [3.63, 3.8) is 0 Å². The molecule has 0 aromatic heterocycles. The minimum Gasteiger partial charge on any atom is -0.447 e. The minimum atomic E-state index is -0.654. The quantitative estimate of drug-likeness (QED) is 0.686. The molecule has 0 saturated carbocycles. The molecule has 0 unspecified atom stereocenters. The average molecular weight is 368 g/mol. The first kappa shape index (κ1) is 17.9. The van der Waals surface area contributed by atoms with Crippen LogP contribution in [0, 0.1) is 0 Å². The maximum Gasteiger partial charge on any atom is 0.411 e. The van der Waals surface area contributed by atoms with Crippen LogP contribution in [-0.2, 0) is 4.74 Å². The second kappa shape index (κ2) is 9.00. The Bertz CT molecular complexity index is 711. The second-order valence-corrected chi connectivity index (χ2v) is 5.45. The van der Waals surface area contributed by atoms with Gasteiger partial charge in [0.25, 0.3) is 0 Å². The highest BCUT2D eigenvalue weighted by Crippen LogP contribution is 2.24. The summed E-state index contributed by atoms with van der Waals surface area (Å²) >= 11 is 11.6. The number of hydrogen-bond donors (Lipinski definition) is 3. The molecular weight excluding hydrogens is 353 g/mol. The fraction of sp³-hybridized carbons (Fsp3) is 0.125. The van der Waals surface area contributed by atoms with Crippen LogP contribution in [0.4, 0.5) is 21.0 Å². The predicted molar refractivity (Wildman–Crippen MR) is 94.9 cm³/mol. The zero-order chi connectivity index (χ0) is 17.4. The van der Waals surface area contributed by atoms with Crippen molar-refractivity contribution >= 4 is 46.7 Å². The van der Waals surface area contributed by atoms with Gasteiger partial charge >= 0.3 is 12.1 Å². The number of urea groups is 1. The van der Waals surface area contributed by atoms with Gasteiger partial charge in [0.15, 0.2) is 0 Å². The maximum absolute atomic E-state index is 11.6. The second-order valence-electron chi connectivity index (χ2n) is 4.64. The van der Waals surface area contributed by atoms with Crippen LogP contribution in [0.3, 0.4) is 0 Å². The molecule has 2 aromatic carbocycles. The molecule has 0 heterocycles. The molecule has 0 atom stereocenters. The van der Waals surface area contributed by atoms with E-state index in [1.807, 2.05) is 18.2 Å². The van der Waals surface area contributed by atoms with Crippen molar-refractivity contribution in [2.24, 2.45) is 0 Å². The molecule has 0 aliphatic rings. The third-order valence-corrected chi connectivity index (χ3v) is 3.56. The molecule has 6 nitrogen and oxygen atoms in total. The highest BCUT2D eigenvalue weighted by molar-refractivity contribution is 6.42. The number of halogens is 2. The average Bonchev–Trinajstić information content (AvgIpc) is 2.56. The van der Waals surface area contributed by atoms with E-state index in [4.69, 9.17) is 27.9 Å². The molecular formula is C16H15Cl2N3O3. The number of amides is 3. The Morgan fingerprint density at radius 3 is 2.38 bits per heavy atom. The Hall–Kier alpha value is -2.44.